The van der Waals surface area contributed by atoms with Crippen LogP contribution in [0, 0.1) is 6.92 Å². The maximum absolute atomic E-state index is 12.2. The van der Waals surface area contributed by atoms with Crippen LogP contribution >= 0.6 is 11.3 Å². The van der Waals surface area contributed by atoms with Gasteiger partial charge in [0, 0.05) is 4.88 Å². The van der Waals surface area contributed by atoms with Gasteiger partial charge in [0.15, 0.2) is 0 Å². The van der Waals surface area contributed by atoms with Crippen LogP contribution in [0.25, 0.3) is 0 Å². The van der Waals surface area contributed by atoms with E-state index in [1.54, 1.807) is 12.1 Å². The minimum Gasteiger partial charge on any atom is -0.394 e. The highest BCUT2D eigenvalue weighted by atomic mass is 32.2. The lowest BCUT2D eigenvalue weighted by molar-refractivity contribution is 0.185. The molecule has 17 heavy (non-hydrogen) atoms. The van der Waals surface area contributed by atoms with Gasteiger partial charge in [-0.15, -0.1) is 11.3 Å². The van der Waals surface area contributed by atoms with E-state index in [0.29, 0.717) is 17.1 Å². The van der Waals surface area contributed by atoms with E-state index in [9.17, 15) is 13.5 Å². The molecule has 0 atom stereocenters. The maximum atomic E-state index is 12.2. The fourth-order valence-corrected chi connectivity index (χ4v) is 4.97. The Morgan fingerprint density at radius 2 is 2.06 bits per heavy atom. The number of hydrogen-bond acceptors (Lipinski definition) is 4. The zero-order valence-electron chi connectivity index (χ0n) is 9.77. The van der Waals surface area contributed by atoms with Crippen LogP contribution in [-0.4, -0.2) is 25.7 Å². The number of sulfonamides is 1. The molecule has 0 bridgehead atoms. The van der Waals surface area contributed by atoms with Crippen molar-refractivity contribution in [2.24, 2.45) is 0 Å². The zero-order valence-corrected chi connectivity index (χ0v) is 11.4. The van der Waals surface area contributed by atoms with Gasteiger partial charge in [-0.1, -0.05) is 12.8 Å². The van der Waals surface area contributed by atoms with Gasteiger partial charge in [-0.2, -0.15) is 0 Å². The Morgan fingerprint density at radius 1 is 1.41 bits per heavy atom. The smallest absolute Gasteiger partial charge is 0.250 e. The van der Waals surface area contributed by atoms with Crippen molar-refractivity contribution in [3.05, 3.63) is 17.0 Å². The van der Waals surface area contributed by atoms with E-state index < -0.39 is 15.6 Å². The normalized spacial score (nSPS) is 19.6. The molecule has 6 heteroatoms. The van der Waals surface area contributed by atoms with Crippen molar-refractivity contribution in [2.75, 3.05) is 6.61 Å². The minimum absolute atomic E-state index is 0.128. The Balaban J connectivity index is 2.22. The van der Waals surface area contributed by atoms with Gasteiger partial charge in [0.1, 0.15) is 4.21 Å². The van der Waals surface area contributed by atoms with Crippen LogP contribution in [0.4, 0.5) is 0 Å². The summed E-state index contributed by atoms with van der Waals surface area (Å²) in [4.78, 5) is 0.967. The largest absolute Gasteiger partial charge is 0.394 e. The number of thiophene rings is 1. The highest BCUT2D eigenvalue weighted by Gasteiger charge is 2.37. The van der Waals surface area contributed by atoms with E-state index in [1.165, 1.54) is 11.3 Å². The molecule has 1 aromatic heterocycles. The molecule has 1 heterocycles. The highest BCUT2D eigenvalue weighted by molar-refractivity contribution is 7.91. The summed E-state index contributed by atoms with van der Waals surface area (Å²) in [5.74, 6) is 0. The molecule has 1 aliphatic carbocycles. The first kappa shape index (κ1) is 13.0. The molecule has 0 aromatic carbocycles. The number of aliphatic hydroxyl groups excluding tert-OH is 1. The van der Waals surface area contributed by atoms with Crippen LogP contribution in [-0.2, 0) is 10.0 Å². The first-order chi connectivity index (χ1) is 7.97. The third kappa shape index (κ3) is 2.70. The summed E-state index contributed by atoms with van der Waals surface area (Å²) in [6.07, 6.45) is 3.36. The Labute approximate surface area is 106 Å². The van der Waals surface area contributed by atoms with Gasteiger partial charge < -0.3 is 5.11 Å². The average Bonchev–Trinajstić information content (AvgIpc) is 2.87. The molecule has 0 saturated heterocycles. The second-order valence-corrected chi connectivity index (χ2v) is 7.81. The van der Waals surface area contributed by atoms with Crippen molar-refractivity contribution < 1.29 is 13.5 Å². The fraction of sp³-hybridized carbons (Fsp3) is 0.636. The van der Waals surface area contributed by atoms with Crippen LogP contribution < -0.4 is 4.72 Å². The molecule has 0 spiro atoms. The number of nitrogens with one attached hydrogen (secondary N) is 1. The molecule has 1 aromatic rings. The molecule has 1 saturated carbocycles. The molecular formula is C11H17NO3S2. The average molecular weight is 275 g/mol. The summed E-state index contributed by atoms with van der Waals surface area (Å²) in [6.45, 7) is 1.75. The van der Waals surface area contributed by atoms with Crippen LogP contribution in [0.2, 0.25) is 0 Å². The molecule has 0 unspecified atom stereocenters. The predicted octanol–water partition coefficient (Wildman–Crippen LogP) is 1.64. The second-order valence-electron chi connectivity index (χ2n) is 4.62. The Bertz CT molecular complexity index is 487. The van der Waals surface area contributed by atoms with Gasteiger partial charge in [-0.25, -0.2) is 13.1 Å². The molecule has 4 nitrogen and oxygen atoms in total. The quantitative estimate of drug-likeness (QED) is 0.878. The summed E-state index contributed by atoms with van der Waals surface area (Å²) in [5, 5.41) is 9.41. The fourth-order valence-electron chi connectivity index (χ4n) is 2.24. The molecule has 0 radical (unpaired) electrons. The van der Waals surface area contributed by atoms with Gasteiger partial charge in [0.2, 0.25) is 0 Å². The van der Waals surface area contributed by atoms with Crippen LogP contribution in [0.1, 0.15) is 30.6 Å². The molecule has 2 N–H and O–H groups in total. The van der Waals surface area contributed by atoms with Crippen molar-refractivity contribution in [3.63, 3.8) is 0 Å². The summed E-state index contributed by atoms with van der Waals surface area (Å²) < 4.78 is 27.3. The standard InChI is InChI=1S/C11H17NO3S2/c1-9-4-5-10(16-9)17(14,15)12-11(8-13)6-2-3-7-11/h4-5,12-13H,2-3,6-8H2,1H3. The van der Waals surface area contributed by atoms with Crippen LogP contribution in [0.3, 0.4) is 0 Å². The van der Waals surface area contributed by atoms with Crippen LogP contribution in [0.15, 0.2) is 16.3 Å². The van der Waals surface area contributed by atoms with E-state index in [4.69, 9.17) is 0 Å². The van der Waals surface area contributed by atoms with Crippen molar-refractivity contribution >= 4 is 21.4 Å². The molecule has 0 amide bonds. The number of aryl methyl sites for hydroxylation is 1. The highest BCUT2D eigenvalue weighted by Crippen LogP contribution is 2.31. The van der Waals surface area contributed by atoms with Gasteiger partial charge in [-0.3, -0.25) is 0 Å². The van der Waals surface area contributed by atoms with Crippen molar-refractivity contribution in [2.45, 2.75) is 42.4 Å². The molecule has 2 rings (SSSR count). The molecule has 1 aliphatic rings. The van der Waals surface area contributed by atoms with E-state index >= 15 is 0 Å². The molecular weight excluding hydrogens is 258 g/mol. The molecule has 0 aliphatic heterocycles. The Kier molecular flexibility index (Phi) is 3.58. The Hall–Kier alpha value is -0.430. The number of rotatable bonds is 4. The minimum atomic E-state index is -3.48. The van der Waals surface area contributed by atoms with Gasteiger partial charge in [0.05, 0.1) is 12.1 Å². The van der Waals surface area contributed by atoms with E-state index in [-0.39, 0.29) is 6.61 Å². The topological polar surface area (TPSA) is 66.4 Å². The summed E-state index contributed by atoms with van der Waals surface area (Å²) in [5.41, 5.74) is -0.642. The monoisotopic (exact) mass is 275 g/mol. The van der Waals surface area contributed by atoms with Gasteiger partial charge in [-0.05, 0) is 31.9 Å². The predicted molar refractivity (Wildman–Crippen MR) is 67.7 cm³/mol. The maximum Gasteiger partial charge on any atom is 0.250 e. The first-order valence-corrected chi connectivity index (χ1v) is 7.99. The van der Waals surface area contributed by atoms with Gasteiger partial charge >= 0.3 is 0 Å². The number of hydrogen-bond donors (Lipinski definition) is 2. The third-order valence-corrected chi connectivity index (χ3v) is 6.27. The van der Waals surface area contributed by atoms with E-state index in [1.807, 2.05) is 6.92 Å². The zero-order chi connectivity index (χ0) is 12.5. The summed E-state index contributed by atoms with van der Waals surface area (Å²) in [6, 6.07) is 3.40. The Morgan fingerprint density at radius 3 is 2.53 bits per heavy atom. The van der Waals surface area contributed by atoms with Crippen molar-refractivity contribution in [1.29, 1.82) is 0 Å². The van der Waals surface area contributed by atoms with E-state index in [0.717, 1.165) is 17.7 Å². The second kappa shape index (κ2) is 4.68. The molecule has 96 valence electrons. The third-order valence-electron chi connectivity index (χ3n) is 3.19. The van der Waals surface area contributed by atoms with E-state index in [2.05, 4.69) is 4.72 Å². The van der Waals surface area contributed by atoms with Crippen LogP contribution in [0.5, 0.6) is 0 Å². The lowest BCUT2D eigenvalue weighted by atomic mass is 10.0. The summed E-state index contributed by atoms with van der Waals surface area (Å²) >= 11 is 1.26. The summed E-state index contributed by atoms with van der Waals surface area (Å²) in [7, 11) is -3.48. The first-order valence-electron chi connectivity index (χ1n) is 5.69. The molecule has 1 fully saturated rings. The lowest BCUT2D eigenvalue weighted by Gasteiger charge is -2.27. The van der Waals surface area contributed by atoms with Crippen molar-refractivity contribution in [3.8, 4) is 0 Å². The lowest BCUT2D eigenvalue weighted by Crippen LogP contribution is -2.48. The van der Waals surface area contributed by atoms with Gasteiger partial charge in [0.25, 0.3) is 10.0 Å². The van der Waals surface area contributed by atoms with Crippen molar-refractivity contribution in [1.82, 2.24) is 4.72 Å². The SMILES string of the molecule is Cc1ccc(S(=O)(=O)NC2(CO)CCCC2)s1. The number of aliphatic hydroxyl groups is 1.